The zero-order valence-electron chi connectivity index (χ0n) is 5.94. The summed E-state index contributed by atoms with van der Waals surface area (Å²) in [4.78, 5) is 0. The lowest BCUT2D eigenvalue weighted by atomic mass is 10.00. The zero-order chi connectivity index (χ0) is 8.43. The molecule has 3 atom stereocenters. The summed E-state index contributed by atoms with van der Waals surface area (Å²) >= 11 is 0. The molecule has 1 fully saturated rings. The van der Waals surface area contributed by atoms with Gasteiger partial charge < -0.3 is 26.4 Å². The molecule has 1 aliphatic rings. The Morgan fingerprint density at radius 3 is 2.73 bits per heavy atom. The van der Waals surface area contributed by atoms with E-state index in [1.807, 2.05) is 0 Å². The first-order chi connectivity index (χ1) is 5.16. The van der Waals surface area contributed by atoms with Crippen LogP contribution in [0.3, 0.4) is 0 Å². The van der Waals surface area contributed by atoms with E-state index in [0.29, 0.717) is 6.54 Å². The first-order valence-corrected chi connectivity index (χ1v) is 3.36. The van der Waals surface area contributed by atoms with Crippen LogP contribution in [0.1, 0.15) is 0 Å². The summed E-state index contributed by atoms with van der Waals surface area (Å²) in [5, 5.41) is 29.6. The monoisotopic (exact) mass is 160 g/mol. The molecule has 1 rings (SSSR count). The maximum Gasteiger partial charge on any atom is 0.124 e. The summed E-state index contributed by atoms with van der Waals surface area (Å²) < 4.78 is 0. The van der Waals surface area contributed by atoms with Crippen LogP contribution in [0.5, 0.6) is 0 Å². The van der Waals surface area contributed by atoms with Crippen LogP contribution < -0.4 is 11.1 Å². The van der Waals surface area contributed by atoms with Crippen molar-refractivity contribution in [1.29, 1.82) is 0 Å². The first kappa shape index (κ1) is 8.32. The van der Waals surface area contributed by atoms with Gasteiger partial charge in [0, 0.05) is 6.54 Å². The third-order valence-corrected chi connectivity index (χ3v) is 1.76. The Balaban J connectivity index is 2.67. The van der Waals surface area contributed by atoms with E-state index >= 15 is 0 Å². The molecule has 3 unspecified atom stereocenters. The fourth-order valence-corrected chi connectivity index (χ4v) is 1.00. The minimum Gasteiger partial charge on any atom is -0.514 e. The Morgan fingerprint density at radius 1 is 1.55 bits per heavy atom. The molecule has 1 heterocycles. The van der Waals surface area contributed by atoms with E-state index in [1.54, 1.807) is 0 Å². The number of aliphatic hydroxyl groups is 3. The van der Waals surface area contributed by atoms with Crippen molar-refractivity contribution >= 4 is 0 Å². The van der Waals surface area contributed by atoms with Gasteiger partial charge in [-0.2, -0.15) is 0 Å². The number of nitrogens with two attached hydrogens (primary N) is 1. The quantitative estimate of drug-likeness (QED) is 0.265. The third kappa shape index (κ3) is 1.45. The normalized spacial score (nSPS) is 42.1. The van der Waals surface area contributed by atoms with E-state index in [1.165, 1.54) is 0 Å². The van der Waals surface area contributed by atoms with E-state index < -0.39 is 18.2 Å². The number of hydrogen-bond acceptors (Lipinski definition) is 5. The van der Waals surface area contributed by atoms with Crippen LogP contribution in [-0.2, 0) is 0 Å². The molecule has 0 bridgehead atoms. The number of piperidine rings is 1. The Hall–Kier alpha value is -0.780. The van der Waals surface area contributed by atoms with Crippen molar-refractivity contribution in [2.45, 2.75) is 18.2 Å². The van der Waals surface area contributed by atoms with E-state index in [9.17, 15) is 10.2 Å². The lowest BCUT2D eigenvalue weighted by molar-refractivity contribution is 0.00686. The smallest absolute Gasteiger partial charge is 0.124 e. The van der Waals surface area contributed by atoms with Crippen molar-refractivity contribution < 1.29 is 15.3 Å². The lowest BCUT2D eigenvalue weighted by Gasteiger charge is -2.31. The molecule has 1 saturated heterocycles. The van der Waals surface area contributed by atoms with Crippen LogP contribution in [0.2, 0.25) is 0 Å². The maximum absolute atomic E-state index is 9.19. The molecular weight excluding hydrogens is 148 g/mol. The molecule has 0 radical (unpaired) electrons. The van der Waals surface area contributed by atoms with Crippen molar-refractivity contribution in [3.63, 3.8) is 0 Å². The summed E-state index contributed by atoms with van der Waals surface area (Å²) in [6.45, 7) is 0.352. The zero-order valence-corrected chi connectivity index (χ0v) is 5.94. The SMILES string of the molecule is NC1CN/C(=C/O)C(O)C1O. The number of hydrogen-bond donors (Lipinski definition) is 5. The third-order valence-electron chi connectivity index (χ3n) is 1.76. The molecule has 0 spiro atoms. The Morgan fingerprint density at radius 2 is 2.18 bits per heavy atom. The highest BCUT2D eigenvalue weighted by atomic mass is 16.3. The van der Waals surface area contributed by atoms with Crippen LogP contribution in [0.25, 0.3) is 0 Å². The summed E-state index contributed by atoms with van der Waals surface area (Å²) in [7, 11) is 0. The topological polar surface area (TPSA) is 98.7 Å². The molecule has 0 aromatic heterocycles. The standard InChI is InChI=1S/C6H12N2O3/c7-3-1-8-4(2-9)6(11)5(3)10/h2-3,5-6,8-11H,1,7H2/b4-2+. The number of rotatable bonds is 0. The molecule has 0 amide bonds. The summed E-state index contributed by atoms with van der Waals surface area (Å²) in [5.74, 6) is 0. The molecule has 0 aromatic carbocycles. The molecule has 5 nitrogen and oxygen atoms in total. The second kappa shape index (κ2) is 3.08. The highest BCUT2D eigenvalue weighted by Crippen LogP contribution is 2.10. The van der Waals surface area contributed by atoms with Gasteiger partial charge in [0.25, 0.3) is 0 Å². The summed E-state index contributed by atoms with van der Waals surface area (Å²) in [6.07, 6.45) is -1.38. The minimum atomic E-state index is -1.11. The Bertz CT molecular complexity index is 171. The van der Waals surface area contributed by atoms with Gasteiger partial charge in [-0.1, -0.05) is 0 Å². The van der Waals surface area contributed by atoms with Gasteiger partial charge in [0.2, 0.25) is 0 Å². The van der Waals surface area contributed by atoms with Crippen molar-refractivity contribution in [2.24, 2.45) is 5.73 Å². The molecule has 0 saturated carbocycles. The highest BCUT2D eigenvalue weighted by Gasteiger charge is 2.31. The molecule has 0 aromatic rings. The Kier molecular flexibility index (Phi) is 2.33. The van der Waals surface area contributed by atoms with Gasteiger partial charge >= 0.3 is 0 Å². The lowest BCUT2D eigenvalue weighted by Crippen LogP contribution is -2.56. The number of nitrogens with one attached hydrogen (secondary N) is 1. The fourth-order valence-electron chi connectivity index (χ4n) is 1.00. The van der Waals surface area contributed by atoms with E-state index in [4.69, 9.17) is 10.8 Å². The van der Waals surface area contributed by atoms with E-state index in [0.717, 1.165) is 6.26 Å². The fraction of sp³-hybridized carbons (Fsp3) is 0.667. The van der Waals surface area contributed by atoms with Crippen molar-refractivity contribution in [3.05, 3.63) is 12.0 Å². The van der Waals surface area contributed by atoms with Crippen LogP contribution in [0.4, 0.5) is 0 Å². The molecule has 64 valence electrons. The van der Waals surface area contributed by atoms with Crippen LogP contribution in [-0.4, -0.2) is 40.1 Å². The van der Waals surface area contributed by atoms with Gasteiger partial charge in [-0.05, 0) is 0 Å². The molecular formula is C6H12N2O3. The van der Waals surface area contributed by atoms with Crippen LogP contribution in [0.15, 0.2) is 12.0 Å². The van der Waals surface area contributed by atoms with Crippen molar-refractivity contribution in [3.8, 4) is 0 Å². The second-order valence-electron chi connectivity index (χ2n) is 2.56. The Labute approximate surface area is 64.1 Å². The van der Waals surface area contributed by atoms with Gasteiger partial charge in [0.1, 0.15) is 18.5 Å². The average Bonchev–Trinajstić information content (AvgIpc) is 2.01. The van der Waals surface area contributed by atoms with Gasteiger partial charge in [0.05, 0.1) is 11.7 Å². The molecule has 1 aliphatic heterocycles. The van der Waals surface area contributed by atoms with Gasteiger partial charge in [-0.25, -0.2) is 0 Å². The van der Waals surface area contributed by atoms with Gasteiger partial charge in [-0.3, -0.25) is 0 Å². The highest BCUT2D eigenvalue weighted by molar-refractivity contribution is 5.11. The summed E-state index contributed by atoms with van der Waals surface area (Å²) in [6, 6.07) is -0.492. The van der Waals surface area contributed by atoms with Gasteiger partial charge in [0.15, 0.2) is 0 Å². The predicted octanol–water partition coefficient (Wildman–Crippen LogP) is -1.96. The largest absolute Gasteiger partial charge is 0.514 e. The maximum atomic E-state index is 9.19. The van der Waals surface area contributed by atoms with Crippen molar-refractivity contribution in [1.82, 2.24) is 5.32 Å². The van der Waals surface area contributed by atoms with Crippen LogP contribution >= 0.6 is 0 Å². The molecule has 11 heavy (non-hydrogen) atoms. The predicted molar refractivity (Wildman–Crippen MR) is 38.7 cm³/mol. The van der Waals surface area contributed by atoms with Gasteiger partial charge in [-0.15, -0.1) is 0 Å². The summed E-state index contributed by atoms with van der Waals surface area (Å²) in [5.41, 5.74) is 5.61. The van der Waals surface area contributed by atoms with Crippen molar-refractivity contribution in [2.75, 3.05) is 6.54 Å². The first-order valence-electron chi connectivity index (χ1n) is 3.36. The molecule has 5 heteroatoms. The molecule has 6 N–H and O–H groups in total. The van der Waals surface area contributed by atoms with Crippen LogP contribution in [0, 0.1) is 0 Å². The average molecular weight is 160 g/mol. The minimum absolute atomic E-state index is 0.208. The second-order valence-corrected chi connectivity index (χ2v) is 2.56. The number of aliphatic hydroxyl groups excluding tert-OH is 3. The van der Waals surface area contributed by atoms with E-state index in [-0.39, 0.29) is 5.70 Å². The van der Waals surface area contributed by atoms with E-state index in [2.05, 4.69) is 5.32 Å². The molecule has 0 aliphatic carbocycles.